The highest BCUT2D eigenvalue weighted by Crippen LogP contribution is 2.40. The van der Waals surface area contributed by atoms with Crippen molar-refractivity contribution in [1.82, 2.24) is 19.5 Å². The van der Waals surface area contributed by atoms with Gasteiger partial charge in [-0.25, -0.2) is 15.0 Å². The molecule has 54 heavy (non-hydrogen) atoms. The number of furan rings is 1. The molecule has 0 aliphatic carbocycles. The van der Waals surface area contributed by atoms with E-state index in [0.29, 0.717) is 17.5 Å². The molecule has 0 saturated heterocycles. The van der Waals surface area contributed by atoms with Crippen LogP contribution in [0.15, 0.2) is 186 Å². The first-order chi connectivity index (χ1) is 26.7. The van der Waals surface area contributed by atoms with Crippen LogP contribution in [-0.4, -0.2) is 19.5 Å². The van der Waals surface area contributed by atoms with Gasteiger partial charge >= 0.3 is 0 Å². The zero-order valence-electron chi connectivity index (χ0n) is 29.0. The Morgan fingerprint density at radius 1 is 0.370 bits per heavy atom. The number of fused-ring (bicyclic) bond motifs is 7. The average molecular weight is 691 g/mol. The molecule has 5 nitrogen and oxygen atoms in total. The fourth-order valence-corrected chi connectivity index (χ4v) is 7.85. The van der Waals surface area contributed by atoms with E-state index in [9.17, 15) is 0 Å². The average Bonchev–Trinajstić information content (AvgIpc) is 3.79. The van der Waals surface area contributed by atoms with Crippen LogP contribution in [-0.2, 0) is 0 Å². The Morgan fingerprint density at radius 3 is 1.74 bits per heavy atom. The van der Waals surface area contributed by atoms with E-state index < -0.39 is 0 Å². The van der Waals surface area contributed by atoms with Crippen molar-refractivity contribution in [2.24, 2.45) is 0 Å². The fraction of sp³-hybridized carbons (Fsp3) is 0. The van der Waals surface area contributed by atoms with Crippen molar-refractivity contribution in [2.75, 3.05) is 0 Å². The van der Waals surface area contributed by atoms with Crippen LogP contribution in [0, 0.1) is 0 Å². The summed E-state index contributed by atoms with van der Waals surface area (Å²) >= 11 is 0. The number of nitrogens with zero attached hydrogens (tertiary/aromatic N) is 4. The molecule has 0 amide bonds. The molecule has 0 aliphatic heterocycles. The summed E-state index contributed by atoms with van der Waals surface area (Å²) in [6.45, 7) is 0. The summed E-state index contributed by atoms with van der Waals surface area (Å²) in [5, 5.41) is 6.88. The second-order valence-corrected chi connectivity index (χ2v) is 13.6. The molecule has 8 aromatic carbocycles. The van der Waals surface area contributed by atoms with Crippen molar-refractivity contribution in [1.29, 1.82) is 0 Å². The third-order valence-electron chi connectivity index (χ3n) is 10.4. The van der Waals surface area contributed by atoms with Crippen LogP contribution in [0.5, 0.6) is 0 Å². The number of aromatic nitrogens is 4. The van der Waals surface area contributed by atoms with E-state index in [1.165, 1.54) is 16.3 Å². The van der Waals surface area contributed by atoms with Gasteiger partial charge in [0.05, 0.1) is 11.0 Å². The Morgan fingerprint density at radius 2 is 0.963 bits per heavy atom. The third-order valence-corrected chi connectivity index (χ3v) is 10.4. The standard InChI is InChI=1S/C49H30N4O/c1-3-13-32(14-4-1)47-50-48(33-15-5-2-6-16-33)52-49(51-47)40-20-11-19-39-38-18-9-10-21-43(38)53(46(39)40)37-25-27-45-42(30-37)41-29-36(24-26-44(41)54-45)35-23-22-31-12-7-8-17-34(31)28-35/h1-30H. The molecular weight excluding hydrogens is 661 g/mol. The number of rotatable bonds is 5. The smallest absolute Gasteiger partial charge is 0.166 e. The van der Waals surface area contributed by atoms with Crippen LogP contribution in [0.3, 0.4) is 0 Å². The van der Waals surface area contributed by atoms with E-state index in [4.69, 9.17) is 19.4 Å². The Kier molecular flexibility index (Phi) is 6.79. The lowest BCUT2D eigenvalue weighted by Crippen LogP contribution is -2.02. The Bertz CT molecular complexity index is 3160. The van der Waals surface area contributed by atoms with Gasteiger partial charge in [-0.3, -0.25) is 0 Å². The zero-order valence-corrected chi connectivity index (χ0v) is 29.0. The van der Waals surface area contributed by atoms with E-state index >= 15 is 0 Å². The number of benzene rings is 8. The predicted molar refractivity (Wildman–Crippen MR) is 221 cm³/mol. The molecule has 252 valence electrons. The van der Waals surface area contributed by atoms with Gasteiger partial charge in [-0.2, -0.15) is 0 Å². The van der Waals surface area contributed by atoms with Crippen LogP contribution >= 0.6 is 0 Å². The van der Waals surface area contributed by atoms with Gasteiger partial charge in [-0.15, -0.1) is 0 Å². The third kappa shape index (κ3) is 4.90. The molecule has 0 aliphatic rings. The van der Waals surface area contributed by atoms with Crippen molar-refractivity contribution < 1.29 is 4.42 Å². The molecule has 0 N–H and O–H groups in total. The maximum Gasteiger partial charge on any atom is 0.166 e. The SMILES string of the molecule is c1ccc(-c2nc(-c3ccccc3)nc(-c3cccc4c5ccccc5n(-c5ccc6oc7ccc(-c8ccc9ccccc9c8)cc7c6c5)c34)n2)cc1. The van der Waals surface area contributed by atoms with E-state index in [1.807, 2.05) is 60.7 Å². The van der Waals surface area contributed by atoms with Crippen molar-refractivity contribution >= 4 is 54.5 Å². The van der Waals surface area contributed by atoms with Crippen LogP contribution in [0.2, 0.25) is 0 Å². The van der Waals surface area contributed by atoms with Crippen molar-refractivity contribution in [3.63, 3.8) is 0 Å². The van der Waals surface area contributed by atoms with Crippen molar-refractivity contribution in [3.8, 4) is 51.0 Å². The quantitative estimate of drug-likeness (QED) is 0.180. The summed E-state index contributed by atoms with van der Waals surface area (Å²) in [7, 11) is 0. The molecule has 5 heteroatoms. The first-order valence-electron chi connectivity index (χ1n) is 18.1. The number of para-hydroxylation sites is 2. The largest absolute Gasteiger partial charge is 0.456 e. The van der Waals surface area contributed by atoms with E-state index in [-0.39, 0.29) is 0 Å². The second-order valence-electron chi connectivity index (χ2n) is 13.6. The van der Waals surface area contributed by atoms with Crippen LogP contribution in [0.25, 0.3) is 105 Å². The van der Waals surface area contributed by atoms with Crippen LogP contribution in [0.1, 0.15) is 0 Å². The van der Waals surface area contributed by atoms with Gasteiger partial charge < -0.3 is 8.98 Å². The molecule has 3 heterocycles. The molecule has 0 unspecified atom stereocenters. The highest BCUT2D eigenvalue weighted by atomic mass is 16.3. The lowest BCUT2D eigenvalue weighted by Gasteiger charge is -2.13. The molecule has 0 fully saturated rings. The Hall–Kier alpha value is -7.37. The topological polar surface area (TPSA) is 56.7 Å². The highest BCUT2D eigenvalue weighted by molar-refractivity contribution is 6.14. The minimum absolute atomic E-state index is 0.618. The molecule has 0 bridgehead atoms. The van der Waals surface area contributed by atoms with Crippen molar-refractivity contribution in [3.05, 3.63) is 182 Å². The Balaban J connectivity index is 1.14. The number of hydrogen-bond donors (Lipinski definition) is 0. The zero-order chi connectivity index (χ0) is 35.6. The van der Waals surface area contributed by atoms with Crippen LogP contribution < -0.4 is 0 Å². The van der Waals surface area contributed by atoms with E-state index in [0.717, 1.165) is 71.7 Å². The minimum atomic E-state index is 0.618. The highest BCUT2D eigenvalue weighted by Gasteiger charge is 2.21. The predicted octanol–water partition coefficient (Wildman–Crippen LogP) is 12.7. The summed E-state index contributed by atoms with van der Waals surface area (Å²) in [5.41, 5.74) is 10.0. The first kappa shape index (κ1) is 30.3. The maximum absolute atomic E-state index is 6.43. The fourth-order valence-electron chi connectivity index (χ4n) is 7.85. The van der Waals surface area contributed by atoms with E-state index in [1.54, 1.807) is 0 Å². The summed E-state index contributed by atoms with van der Waals surface area (Å²) in [4.78, 5) is 15.3. The van der Waals surface area contributed by atoms with Gasteiger partial charge in [-0.05, 0) is 70.4 Å². The molecule has 0 radical (unpaired) electrons. The number of hydrogen-bond acceptors (Lipinski definition) is 4. The lowest BCUT2D eigenvalue weighted by molar-refractivity contribution is 0.669. The van der Waals surface area contributed by atoms with Gasteiger partial charge in [-0.1, -0.05) is 133 Å². The summed E-state index contributed by atoms with van der Waals surface area (Å²) < 4.78 is 8.77. The first-order valence-corrected chi connectivity index (χ1v) is 18.1. The monoisotopic (exact) mass is 690 g/mol. The van der Waals surface area contributed by atoms with Gasteiger partial charge in [0.2, 0.25) is 0 Å². The summed E-state index contributed by atoms with van der Waals surface area (Å²) in [5.74, 6) is 1.88. The lowest BCUT2D eigenvalue weighted by atomic mass is 9.99. The summed E-state index contributed by atoms with van der Waals surface area (Å²) in [6.07, 6.45) is 0. The molecule has 11 aromatic rings. The molecule has 11 rings (SSSR count). The normalized spacial score (nSPS) is 11.7. The van der Waals surface area contributed by atoms with Crippen molar-refractivity contribution in [2.45, 2.75) is 0 Å². The molecule has 3 aromatic heterocycles. The maximum atomic E-state index is 6.43. The summed E-state index contributed by atoms with van der Waals surface area (Å²) in [6, 6.07) is 63.4. The van der Waals surface area contributed by atoms with E-state index in [2.05, 4.69) is 126 Å². The molecule has 0 spiro atoms. The van der Waals surface area contributed by atoms with Gasteiger partial charge in [0.25, 0.3) is 0 Å². The molecule has 0 saturated carbocycles. The molecule has 0 atom stereocenters. The molecular formula is C49H30N4O. The minimum Gasteiger partial charge on any atom is -0.456 e. The van der Waals surface area contributed by atoms with Crippen LogP contribution in [0.4, 0.5) is 0 Å². The second kappa shape index (κ2) is 12.1. The van der Waals surface area contributed by atoms with Gasteiger partial charge in [0.15, 0.2) is 17.5 Å². The Labute approximate surface area is 310 Å². The van der Waals surface area contributed by atoms with Gasteiger partial charge in [0, 0.05) is 43.9 Å². The van der Waals surface area contributed by atoms with Gasteiger partial charge in [0.1, 0.15) is 11.2 Å².